The van der Waals surface area contributed by atoms with E-state index in [2.05, 4.69) is 26.2 Å². The van der Waals surface area contributed by atoms with Gasteiger partial charge in [0.15, 0.2) is 0 Å². The summed E-state index contributed by atoms with van der Waals surface area (Å²) >= 11 is 3.33. The summed E-state index contributed by atoms with van der Waals surface area (Å²) in [5.41, 5.74) is 1.44. The number of hydrogen-bond donors (Lipinski definition) is 1. The smallest absolute Gasteiger partial charge is 0.261 e. The summed E-state index contributed by atoms with van der Waals surface area (Å²) in [7, 11) is 0. The second-order valence-electron chi connectivity index (χ2n) is 5.88. The van der Waals surface area contributed by atoms with Crippen molar-refractivity contribution in [1.82, 2.24) is 9.55 Å². The van der Waals surface area contributed by atoms with Crippen molar-refractivity contribution in [2.45, 2.75) is 6.54 Å². The topological polar surface area (TPSA) is 84.3 Å². The largest absolute Gasteiger partial charge is 0.323 e. The van der Waals surface area contributed by atoms with E-state index in [1.54, 1.807) is 42.5 Å². The van der Waals surface area contributed by atoms with Crippen LogP contribution in [-0.2, 0) is 16.1 Å². The van der Waals surface area contributed by atoms with Gasteiger partial charge in [-0.15, -0.1) is 0 Å². The zero-order chi connectivity index (χ0) is 18.3. The Bertz CT molecular complexity index is 1110. The fraction of sp³-hybridized carbons (Fsp3) is 0.111. The minimum atomic E-state index is -0.356. The molecule has 1 N–H and O–H groups in total. The maximum Gasteiger partial charge on any atom is 0.261 e. The van der Waals surface area contributed by atoms with Gasteiger partial charge in [0.2, 0.25) is 11.8 Å². The van der Waals surface area contributed by atoms with E-state index < -0.39 is 0 Å². The fourth-order valence-corrected chi connectivity index (χ4v) is 3.29. The maximum absolute atomic E-state index is 12.8. The van der Waals surface area contributed by atoms with E-state index in [-0.39, 0.29) is 30.5 Å². The average Bonchev–Trinajstić information content (AvgIpc) is 2.63. The number of benzene rings is 2. The Balaban J connectivity index is 1.69. The van der Waals surface area contributed by atoms with Gasteiger partial charge in [0.1, 0.15) is 13.1 Å². The number of para-hydroxylation sites is 2. The summed E-state index contributed by atoms with van der Waals surface area (Å²) in [6.07, 6.45) is 1.35. The molecule has 0 spiro atoms. The van der Waals surface area contributed by atoms with Crippen LogP contribution in [0.4, 0.5) is 11.4 Å². The Kier molecular flexibility index (Phi) is 4.04. The molecule has 0 fully saturated rings. The number of aromatic nitrogens is 2. The lowest BCUT2D eigenvalue weighted by Gasteiger charge is -2.29. The first-order chi connectivity index (χ1) is 12.5. The normalized spacial score (nSPS) is 13.4. The minimum absolute atomic E-state index is 0.0862. The maximum atomic E-state index is 12.8. The summed E-state index contributed by atoms with van der Waals surface area (Å²) in [5, 5.41) is 3.15. The Morgan fingerprint density at radius 1 is 1.19 bits per heavy atom. The Morgan fingerprint density at radius 2 is 2.00 bits per heavy atom. The van der Waals surface area contributed by atoms with E-state index in [4.69, 9.17) is 0 Å². The van der Waals surface area contributed by atoms with E-state index >= 15 is 0 Å². The molecular weight excluding hydrogens is 400 g/mol. The van der Waals surface area contributed by atoms with Crippen molar-refractivity contribution in [2.75, 3.05) is 16.8 Å². The van der Waals surface area contributed by atoms with Crippen molar-refractivity contribution < 1.29 is 9.59 Å². The van der Waals surface area contributed by atoms with Crippen LogP contribution in [0, 0.1) is 0 Å². The molecule has 2 amide bonds. The molecule has 26 heavy (non-hydrogen) atoms. The molecule has 0 radical (unpaired) electrons. The zero-order valence-electron chi connectivity index (χ0n) is 13.5. The van der Waals surface area contributed by atoms with Crippen LogP contribution in [-0.4, -0.2) is 27.9 Å². The number of carbonyl (C=O) groups excluding carboxylic acids is 2. The molecule has 0 saturated heterocycles. The lowest BCUT2D eigenvalue weighted by molar-refractivity contribution is -0.122. The molecule has 0 unspecified atom stereocenters. The second-order valence-corrected chi connectivity index (χ2v) is 6.80. The monoisotopic (exact) mass is 412 g/mol. The van der Waals surface area contributed by atoms with Crippen LogP contribution in [0.15, 0.2) is 58.1 Å². The highest BCUT2D eigenvalue weighted by molar-refractivity contribution is 9.10. The third-order valence-corrected chi connectivity index (χ3v) is 4.66. The van der Waals surface area contributed by atoms with Crippen LogP contribution >= 0.6 is 15.9 Å². The van der Waals surface area contributed by atoms with E-state index in [0.717, 1.165) is 4.47 Å². The molecule has 130 valence electrons. The molecule has 0 aliphatic carbocycles. The number of rotatable bonds is 2. The molecule has 1 aliphatic heterocycles. The summed E-state index contributed by atoms with van der Waals surface area (Å²) in [4.78, 5) is 42.9. The molecule has 1 aliphatic rings. The van der Waals surface area contributed by atoms with Gasteiger partial charge in [-0.3, -0.25) is 23.9 Å². The zero-order valence-corrected chi connectivity index (χ0v) is 15.1. The molecule has 2 aromatic carbocycles. The predicted molar refractivity (Wildman–Crippen MR) is 101 cm³/mol. The molecule has 7 nitrogen and oxygen atoms in total. The van der Waals surface area contributed by atoms with Gasteiger partial charge in [0.05, 0.1) is 28.6 Å². The highest BCUT2D eigenvalue weighted by Crippen LogP contribution is 2.29. The van der Waals surface area contributed by atoms with Crippen LogP contribution in [0.5, 0.6) is 0 Å². The van der Waals surface area contributed by atoms with Gasteiger partial charge < -0.3 is 5.32 Å². The van der Waals surface area contributed by atoms with Gasteiger partial charge in [-0.05, 0) is 30.3 Å². The Morgan fingerprint density at radius 3 is 2.85 bits per heavy atom. The highest BCUT2D eigenvalue weighted by Gasteiger charge is 2.26. The third kappa shape index (κ3) is 2.88. The number of halogens is 1. The van der Waals surface area contributed by atoms with Gasteiger partial charge in [0, 0.05) is 4.47 Å². The fourth-order valence-electron chi connectivity index (χ4n) is 2.93. The first-order valence-corrected chi connectivity index (χ1v) is 8.66. The number of nitrogens with one attached hydrogen (secondary N) is 1. The van der Waals surface area contributed by atoms with Crippen LogP contribution in [0.3, 0.4) is 0 Å². The molecule has 2 heterocycles. The number of carbonyl (C=O) groups is 2. The molecule has 4 rings (SSSR count). The predicted octanol–water partition coefficient (Wildman–Crippen LogP) is 2.14. The molecule has 1 aromatic heterocycles. The van der Waals surface area contributed by atoms with Gasteiger partial charge in [-0.25, -0.2) is 4.98 Å². The van der Waals surface area contributed by atoms with Crippen molar-refractivity contribution in [3.05, 3.63) is 63.6 Å². The third-order valence-electron chi connectivity index (χ3n) is 4.16. The van der Waals surface area contributed by atoms with Crippen molar-refractivity contribution in [3.63, 3.8) is 0 Å². The van der Waals surface area contributed by atoms with Crippen molar-refractivity contribution in [2.24, 2.45) is 0 Å². The first kappa shape index (κ1) is 16.5. The van der Waals surface area contributed by atoms with Gasteiger partial charge >= 0.3 is 0 Å². The lowest BCUT2D eigenvalue weighted by atomic mass is 10.2. The van der Waals surface area contributed by atoms with Crippen LogP contribution in [0.2, 0.25) is 0 Å². The number of anilines is 2. The summed E-state index contributed by atoms with van der Waals surface area (Å²) in [6.45, 7) is -0.285. The average molecular weight is 413 g/mol. The van der Waals surface area contributed by atoms with Crippen molar-refractivity contribution >= 4 is 50.0 Å². The molecule has 0 saturated carbocycles. The quantitative estimate of drug-likeness (QED) is 0.698. The van der Waals surface area contributed by atoms with E-state index in [1.807, 2.05) is 0 Å². The van der Waals surface area contributed by atoms with Crippen LogP contribution in [0.1, 0.15) is 0 Å². The number of nitrogens with zero attached hydrogens (tertiary/aromatic N) is 3. The van der Waals surface area contributed by atoms with Crippen molar-refractivity contribution in [3.8, 4) is 0 Å². The molecule has 8 heteroatoms. The number of hydrogen-bond acceptors (Lipinski definition) is 4. The van der Waals surface area contributed by atoms with Crippen LogP contribution < -0.4 is 15.8 Å². The number of fused-ring (bicyclic) bond motifs is 2. The Labute approximate surface area is 156 Å². The van der Waals surface area contributed by atoms with E-state index in [0.29, 0.717) is 22.3 Å². The molecule has 0 bridgehead atoms. The summed E-state index contributed by atoms with van der Waals surface area (Å²) in [5.74, 6) is -0.629. The second kappa shape index (κ2) is 6.38. The van der Waals surface area contributed by atoms with Gasteiger partial charge in [-0.1, -0.05) is 28.1 Å². The van der Waals surface area contributed by atoms with Gasteiger partial charge in [0.25, 0.3) is 5.56 Å². The Hall–Kier alpha value is -3.00. The minimum Gasteiger partial charge on any atom is -0.323 e. The molecular formula is C18H13BrN4O3. The lowest BCUT2D eigenvalue weighted by Crippen LogP contribution is -2.44. The molecule has 0 atom stereocenters. The summed E-state index contributed by atoms with van der Waals surface area (Å²) < 4.78 is 2.02. The first-order valence-electron chi connectivity index (χ1n) is 7.87. The van der Waals surface area contributed by atoms with Crippen LogP contribution in [0.25, 0.3) is 10.9 Å². The van der Waals surface area contributed by atoms with E-state index in [9.17, 15) is 14.4 Å². The SMILES string of the molecule is O=C1CN(C(=O)Cn2cnc3ccc(Br)cc3c2=O)c2ccccc2N1. The highest BCUT2D eigenvalue weighted by atomic mass is 79.9. The van der Waals surface area contributed by atoms with Gasteiger partial charge in [-0.2, -0.15) is 0 Å². The number of amides is 2. The summed E-state index contributed by atoms with van der Waals surface area (Å²) in [6, 6.07) is 12.3. The van der Waals surface area contributed by atoms with E-state index in [1.165, 1.54) is 15.8 Å². The standard InChI is InChI=1S/C18H13BrN4O3/c19-11-5-6-13-12(7-11)18(26)22(10-20-13)9-17(25)23-8-16(24)21-14-3-1-2-4-15(14)23/h1-7,10H,8-9H2,(H,21,24). The molecule has 3 aromatic rings. The van der Waals surface area contributed by atoms with Crippen molar-refractivity contribution in [1.29, 1.82) is 0 Å².